The second-order valence-corrected chi connectivity index (χ2v) is 3.67. The summed E-state index contributed by atoms with van der Waals surface area (Å²) in [7, 11) is 1.36. The van der Waals surface area contributed by atoms with Crippen LogP contribution in [0, 0.1) is 10.1 Å². The van der Waals surface area contributed by atoms with E-state index in [1.807, 2.05) is 0 Å². The molecule has 2 aromatic rings. The van der Waals surface area contributed by atoms with Gasteiger partial charge in [0.05, 0.1) is 24.2 Å². The molecule has 0 saturated heterocycles. The molecule has 0 spiro atoms. The number of aromatic nitrogens is 2. The van der Waals surface area contributed by atoms with E-state index in [1.165, 1.54) is 25.6 Å². The Labute approximate surface area is 120 Å². The minimum atomic E-state index is -0.527. The monoisotopic (exact) mass is 300 g/mol. The molecule has 2 N–H and O–H groups in total. The first-order valence-corrected chi connectivity index (χ1v) is 5.49. The van der Waals surface area contributed by atoms with Gasteiger partial charge in [-0.3, -0.25) is 10.1 Å². The number of hydrogen-bond acceptors (Lipinski definition) is 7. The van der Waals surface area contributed by atoms with E-state index in [9.17, 15) is 10.1 Å². The van der Waals surface area contributed by atoms with Gasteiger partial charge < -0.3 is 15.2 Å². The lowest BCUT2D eigenvalue weighted by molar-refractivity contribution is -0.385. The standard InChI is InChI=1S/C11H12N4O4.ClH/c1-19-10-5-8-7(4-9(10)15(17)18)11(12-2-3-16)14-6-13-8;/h4-6,16H,2-3H2,1H3,(H,12,13,14);1H. The third-order valence-electron chi connectivity index (χ3n) is 2.54. The molecule has 1 heterocycles. The van der Waals surface area contributed by atoms with Gasteiger partial charge in [-0.2, -0.15) is 0 Å². The number of nitrogens with zero attached hydrogens (tertiary/aromatic N) is 3. The molecule has 20 heavy (non-hydrogen) atoms. The van der Waals surface area contributed by atoms with E-state index in [-0.39, 0.29) is 30.5 Å². The number of aliphatic hydroxyl groups excluding tert-OH is 1. The van der Waals surface area contributed by atoms with Crippen LogP contribution in [0.15, 0.2) is 18.5 Å². The third kappa shape index (κ3) is 3.03. The maximum Gasteiger partial charge on any atom is 0.311 e. The van der Waals surface area contributed by atoms with Crippen LogP contribution in [0.1, 0.15) is 0 Å². The first-order valence-electron chi connectivity index (χ1n) is 5.49. The number of rotatable bonds is 5. The van der Waals surface area contributed by atoms with Crippen LogP contribution < -0.4 is 10.1 Å². The molecule has 1 aromatic heterocycles. The second-order valence-electron chi connectivity index (χ2n) is 3.67. The van der Waals surface area contributed by atoms with Gasteiger partial charge in [0.25, 0.3) is 0 Å². The molecule has 0 atom stereocenters. The normalized spacial score (nSPS) is 9.90. The Kier molecular flexibility index (Phi) is 5.42. The Morgan fingerprint density at radius 1 is 1.45 bits per heavy atom. The molecule has 0 aliphatic heterocycles. The van der Waals surface area contributed by atoms with Gasteiger partial charge in [-0.25, -0.2) is 9.97 Å². The molecule has 0 amide bonds. The highest BCUT2D eigenvalue weighted by Gasteiger charge is 2.18. The molecule has 8 nitrogen and oxygen atoms in total. The topological polar surface area (TPSA) is 110 Å². The van der Waals surface area contributed by atoms with Gasteiger partial charge in [-0.05, 0) is 0 Å². The van der Waals surface area contributed by atoms with Gasteiger partial charge in [0, 0.05) is 24.1 Å². The third-order valence-corrected chi connectivity index (χ3v) is 2.54. The number of benzene rings is 1. The van der Waals surface area contributed by atoms with Crippen LogP contribution in [0.5, 0.6) is 5.75 Å². The Balaban J connectivity index is 0.00000200. The summed E-state index contributed by atoms with van der Waals surface area (Å²) < 4.78 is 4.97. The SMILES string of the molecule is COc1cc2ncnc(NCCO)c2cc1[N+](=O)[O-].Cl. The summed E-state index contributed by atoms with van der Waals surface area (Å²) in [6.45, 7) is 0.232. The molecule has 9 heteroatoms. The predicted molar refractivity (Wildman–Crippen MR) is 75.6 cm³/mol. The van der Waals surface area contributed by atoms with Crippen molar-refractivity contribution in [2.24, 2.45) is 0 Å². The highest BCUT2D eigenvalue weighted by Crippen LogP contribution is 2.33. The number of methoxy groups -OCH3 is 1. The number of fused-ring (bicyclic) bond motifs is 1. The summed E-state index contributed by atoms with van der Waals surface area (Å²) in [5.41, 5.74) is 0.370. The fourth-order valence-electron chi connectivity index (χ4n) is 1.69. The number of halogens is 1. The van der Waals surface area contributed by atoms with Crippen molar-refractivity contribution in [3.8, 4) is 5.75 Å². The maximum atomic E-state index is 11.0. The molecule has 0 aliphatic rings. The molecule has 0 radical (unpaired) electrons. The molecular weight excluding hydrogens is 288 g/mol. The van der Waals surface area contributed by atoms with Crippen LogP contribution in [0.3, 0.4) is 0 Å². The Bertz CT molecular complexity index is 623. The summed E-state index contributed by atoms with van der Waals surface area (Å²) in [4.78, 5) is 18.5. The summed E-state index contributed by atoms with van der Waals surface area (Å²) in [6.07, 6.45) is 1.34. The second kappa shape index (κ2) is 6.83. The quantitative estimate of drug-likeness (QED) is 0.633. The largest absolute Gasteiger partial charge is 0.490 e. The molecule has 0 saturated carbocycles. The Morgan fingerprint density at radius 2 is 2.20 bits per heavy atom. The number of ether oxygens (including phenoxy) is 1. The highest BCUT2D eigenvalue weighted by molar-refractivity contribution is 5.92. The van der Waals surface area contributed by atoms with E-state index < -0.39 is 4.92 Å². The summed E-state index contributed by atoms with van der Waals surface area (Å²) in [6, 6.07) is 2.84. The number of nitrogens with one attached hydrogen (secondary N) is 1. The van der Waals surface area contributed by atoms with E-state index in [0.29, 0.717) is 23.3 Å². The van der Waals surface area contributed by atoms with E-state index in [4.69, 9.17) is 9.84 Å². The fraction of sp³-hybridized carbons (Fsp3) is 0.273. The van der Waals surface area contributed by atoms with Crippen molar-refractivity contribution in [2.45, 2.75) is 0 Å². The van der Waals surface area contributed by atoms with Crippen LogP contribution in [0.4, 0.5) is 11.5 Å². The summed E-state index contributed by atoms with van der Waals surface area (Å²) >= 11 is 0. The molecule has 0 fully saturated rings. The molecule has 108 valence electrons. The van der Waals surface area contributed by atoms with Gasteiger partial charge in [0.2, 0.25) is 0 Å². The molecule has 2 rings (SSSR count). The van der Waals surface area contributed by atoms with Gasteiger partial charge in [-0.15, -0.1) is 12.4 Å². The Hall–Kier alpha value is -2.19. The predicted octanol–water partition coefficient (Wildman–Crippen LogP) is 1.37. The lowest BCUT2D eigenvalue weighted by Crippen LogP contribution is -2.07. The molecule has 0 unspecified atom stereocenters. The fourth-order valence-corrected chi connectivity index (χ4v) is 1.69. The number of nitro benzene ring substituents is 1. The first kappa shape index (κ1) is 15.9. The van der Waals surface area contributed by atoms with Gasteiger partial charge in [-0.1, -0.05) is 0 Å². The van der Waals surface area contributed by atoms with E-state index >= 15 is 0 Å². The molecule has 1 aromatic carbocycles. The van der Waals surface area contributed by atoms with Crippen molar-refractivity contribution in [1.29, 1.82) is 0 Å². The van der Waals surface area contributed by atoms with Crippen LogP contribution >= 0.6 is 12.4 Å². The number of hydrogen-bond donors (Lipinski definition) is 2. The zero-order valence-electron chi connectivity index (χ0n) is 10.6. The van der Waals surface area contributed by atoms with Crippen molar-refractivity contribution in [3.05, 3.63) is 28.6 Å². The molecular formula is C11H13ClN4O4. The van der Waals surface area contributed by atoms with Gasteiger partial charge in [0.1, 0.15) is 12.1 Å². The van der Waals surface area contributed by atoms with Crippen molar-refractivity contribution in [1.82, 2.24) is 9.97 Å². The van der Waals surface area contributed by atoms with Crippen molar-refractivity contribution < 1.29 is 14.8 Å². The number of aliphatic hydroxyl groups is 1. The highest BCUT2D eigenvalue weighted by atomic mass is 35.5. The van der Waals surface area contributed by atoms with Crippen LogP contribution in [0.25, 0.3) is 10.9 Å². The average Bonchev–Trinajstić information content (AvgIpc) is 2.43. The lowest BCUT2D eigenvalue weighted by Gasteiger charge is -2.08. The van der Waals surface area contributed by atoms with E-state index in [1.54, 1.807) is 0 Å². The van der Waals surface area contributed by atoms with Crippen molar-refractivity contribution in [3.63, 3.8) is 0 Å². The zero-order chi connectivity index (χ0) is 13.8. The molecule has 0 aliphatic carbocycles. The zero-order valence-corrected chi connectivity index (χ0v) is 11.4. The minimum absolute atomic E-state index is 0. The summed E-state index contributed by atoms with van der Waals surface area (Å²) in [5.74, 6) is 0.578. The average molecular weight is 301 g/mol. The summed E-state index contributed by atoms with van der Waals surface area (Å²) in [5, 5.41) is 23.1. The van der Waals surface area contributed by atoms with Crippen molar-refractivity contribution >= 4 is 34.8 Å². The van der Waals surface area contributed by atoms with Gasteiger partial charge in [0.15, 0.2) is 5.75 Å². The lowest BCUT2D eigenvalue weighted by atomic mass is 10.2. The number of anilines is 1. The Morgan fingerprint density at radius 3 is 2.80 bits per heavy atom. The minimum Gasteiger partial charge on any atom is -0.490 e. The van der Waals surface area contributed by atoms with E-state index in [2.05, 4.69) is 15.3 Å². The first-order chi connectivity index (χ1) is 9.17. The molecule has 0 bridgehead atoms. The van der Waals surface area contributed by atoms with E-state index in [0.717, 1.165) is 0 Å². The smallest absolute Gasteiger partial charge is 0.311 e. The van der Waals surface area contributed by atoms with Crippen molar-refractivity contribution in [2.75, 3.05) is 25.6 Å². The number of nitro groups is 1. The van der Waals surface area contributed by atoms with Crippen LogP contribution in [0.2, 0.25) is 0 Å². The maximum absolute atomic E-state index is 11.0. The van der Waals surface area contributed by atoms with Crippen LogP contribution in [-0.4, -0.2) is 40.3 Å². The van der Waals surface area contributed by atoms with Crippen LogP contribution in [-0.2, 0) is 0 Å². The van der Waals surface area contributed by atoms with Gasteiger partial charge >= 0.3 is 5.69 Å².